The molecular formula is C9H11ClN6O. The van der Waals surface area contributed by atoms with Crippen LogP contribution in [0.4, 0.5) is 0 Å². The van der Waals surface area contributed by atoms with Crippen LogP contribution in [0, 0.1) is 6.92 Å². The average molecular weight is 255 g/mol. The SMILES string of the molecule is Cc1[nH]nc(C(=O)NCCc2cn[nH]n2)c1Cl. The van der Waals surface area contributed by atoms with Crippen LogP contribution >= 0.6 is 11.6 Å². The number of hydrogen-bond donors (Lipinski definition) is 3. The molecule has 1 amide bonds. The number of nitrogens with one attached hydrogen (secondary N) is 3. The Bertz CT molecular complexity index is 506. The lowest BCUT2D eigenvalue weighted by Crippen LogP contribution is -2.26. The van der Waals surface area contributed by atoms with Crippen LogP contribution < -0.4 is 5.32 Å². The second-order valence-corrected chi connectivity index (χ2v) is 3.86. The number of hydrogen-bond acceptors (Lipinski definition) is 4. The van der Waals surface area contributed by atoms with E-state index in [-0.39, 0.29) is 11.6 Å². The number of rotatable bonds is 4. The molecule has 0 fully saturated rings. The lowest BCUT2D eigenvalue weighted by atomic mass is 10.3. The summed E-state index contributed by atoms with van der Waals surface area (Å²) in [7, 11) is 0. The zero-order valence-electron chi connectivity index (χ0n) is 9.12. The van der Waals surface area contributed by atoms with E-state index < -0.39 is 0 Å². The van der Waals surface area contributed by atoms with Gasteiger partial charge in [0.25, 0.3) is 5.91 Å². The van der Waals surface area contributed by atoms with E-state index in [0.717, 1.165) is 5.69 Å². The number of carbonyl (C=O) groups is 1. The van der Waals surface area contributed by atoms with Crippen LogP contribution in [-0.4, -0.2) is 38.1 Å². The second-order valence-electron chi connectivity index (χ2n) is 3.48. The van der Waals surface area contributed by atoms with Crippen molar-refractivity contribution < 1.29 is 4.79 Å². The summed E-state index contributed by atoms with van der Waals surface area (Å²) in [5, 5.41) is 19.6. The predicted octanol–water partition coefficient (Wildman–Crippen LogP) is 0.462. The molecule has 0 aliphatic heterocycles. The Morgan fingerprint density at radius 2 is 2.35 bits per heavy atom. The van der Waals surface area contributed by atoms with Gasteiger partial charge < -0.3 is 5.32 Å². The fourth-order valence-electron chi connectivity index (χ4n) is 1.30. The molecule has 0 unspecified atom stereocenters. The molecule has 8 heteroatoms. The maximum Gasteiger partial charge on any atom is 0.273 e. The van der Waals surface area contributed by atoms with Crippen LogP contribution in [0.25, 0.3) is 0 Å². The molecule has 0 radical (unpaired) electrons. The summed E-state index contributed by atoms with van der Waals surface area (Å²) in [5.74, 6) is -0.303. The van der Waals surface area contributed by atoms with Crippen LogP contribution in [0.15, 0.2) is 6.20 Å². The van der Waals surface area contributed by atoms with Crippen molar-refractivity contribution >= 4 is 17.5 Å². The number of nitrogens with zero attached hydrogens (tertiary/aromatic N) is 3. The molecule has 0 saturated heterocycles. The third-order valence-corrected chi connectivity index (χ3v) is 2.68. The molecular weight excluding hydrogens is 244 g/mol. The van der Waals surface area contributed by atoms with E-state index in [0.29, 0.717) is 23.7 Å². The third-order valence-electron chi connectivity index (χ3n) is 2.22. The molecule has 0 saturated carbocycles. The zero-order chi connectivity index (χ0) is 12.3. The van der Waals surface area contributed by atoms with Gasteiger partial charge in [-0.15, -0.1) is 0 Å². The molecule has 2 heterocycles. The molecule has 7 nitrogen and oxygen atoms in total. The molecule has 0 aromatic carbocycles. The van der Waals surface area contributed by atoms with E-state index in [2.05, 4.69) is 30.9 Å². The predicted molar refractivity (Wildman–Crippen MR) is 60.8 cm³/mol. The Kier molecular flexibility index (Phi) is 3.38. The average Bonchev–Trinajstić information content (AvgIpc) is 2.91. The minimum absolute atomic E-state index is 0.212. The van der Waals surface area contributed by atoms with Crippen molar-refractivity contribution in [3.63, 3.8) is 0 Å². The number of H-pyrrole nitrogens is 2. The van der Waals surface area contributed by atoms with Crippen molar-refractivity contribution in [1.82, 2.24) is 30.9 Å². The molecule has 90 valence electrons. The maximum absolute atomic E-state index is 11.7. The molecule has 2 rings (SSSR count). The summed E-state index contributed by atoms with van der Waals surface area (Å²) < 4.78 is 0. The molecule has 2 aromatic heterocycles. The fraction of sp³-hybridized carbons (Fsp3) is 0.333. The van der Waals surface area contributed by atoms with Gasteiger partial charge in [0, 0.05) is 13.0 Å². The number of halogens is 1. The van der Waals surface area contributed by atoms with Gasteiger partial charge in [0.1, 0.15) is 0 Å². The highest BCUT2D eigenvalue weighted by atomic mass is 35.5. The zero-order valence-corrected chi connectivity index (χ0v) is 9.88. The van der Waals surface area contributed by atoms with Gasteiger partial charge in [-0.2, -0.15) is 20.5 Å². The van der Waals surface area contributed by atoms with Crippen LogP contribution in [0.3, 0.4) is 0 Å². The van der Waals surface area contributed by atoms with Crippen LogP contribution in [-0.2, 0) is 6.42 Å². The summed E-state index contributed by atoms with van der Waals surface area (Å²) in [4.78, 5) is 11.7. The Hall–Kier alpha value is -1.89. The molecule has 0 aliphatic carbocycles. The van der Waals surface area contributed by atoms with Gasteiger partial charge in [-0.3, -0.25) is 9.89 Å². The summed E-state index contributed by atoms with van der Waals surface area (Å²) >= 11 is 5.90. The molecule has 17 heavy (non-hydrogen) atoms. The number of amides is 1. The summed E-state index contributed by atoms with van der Waals surface area (Å²) in [6.45, 7) is 2.20. The van der Waals surface area contributed by atoms with E-state index in [1.807, 2.05) is 0 Å². The van der Waals surface area contributed by atoms with Crippen molar-refractivity contribution in [2.45, 2.75) is 13.3 Å². The maximum atomic E-state index is 11.7. The molecule has 0 bridgehead atoms. The molecule has 0 spiro atoms. The van der Waals surface area contributed by atoms with E-state index in [9.17, 15) is 4.79 Å². The minimum atomic E-state index is -0.303. The van der Waals surface area contributed by atoms with Crippen molar-refractivity contribution in [3.8, 4) is 0 Å². The molecule has 3 N–H and O–H groups in total. The highest BCUT2D eigenvalue weighted by Crippen LogP contribution is 2.16. The van der Waals surface area contributed by atoms with Gasteiger partial charge >= 0.3 is 0 Å². The first-order chi connectivity index (χ1) is 8.18. The smallest absolute Gasteiger partial charge is 0.273 e. The summed E-state index contributed by atoms with van der Waals surface area (Å²) in [6, 6.07) is 0. The van der Waals surface area contributed by atoms with Gasteiger partial charge in [-0.1, -0.05) is 11.6 Å². The third kappa shape index (κ3) is 2.62. The monoisotopic (exact) mass is 254 g/mol. The number of aryl methyl sites for hydroxylation is 1. The normalized spacial score (nSPS) is 10.5. The Morgan fingerprint density at radius 1 is 1.53 bits per heavy atom. The van der Waals surface area contributed by atoms with E-state index in [4.69, 9.17) is 11.6 Å². The van der Waals surface area contributed by atoms with E-state index >= 15 is 0 Å². The fourth-order valence-corrected chi connectivity index (χ4v) is 1.47. The van der Waals surface area contributed by atoms with Gasteiger partial charge in [0.2, 0.25) is 0 Å². The van der Waals surface area contributed by atoms with Gasteiger partial charge in [0.05, 0.1) is 22.6 Å². The highest BCUT2D eigenvalue weighted by molar-refractivity contribution is 6.34. The van der Waals surface area contributed by atoms with Crippen molar-refractivity contribution in [2.24, 2.45) is 0 Å². The van der Waals surface area contributed by atoms with Gasteiger partial charge in [-0.05, 0) is 6.92 Å². The standard InChI is InChI=1S/C9H11ClN6O/c1-5-7(10)8(15-13-5)9(17)11-3-2-6-4-12-16-14-6/h4H,2-3H2,1H3,(H,11,17)(H,13,15)(H,12,14,16). The molecule has 0 aliphatic rings. The van der Waals surface area contributed by atoms with E-state index in [1.165, 1.54) is 0 Å². The first kappa shape index (κ1) is 11.6. The molecule has 2 aromatic rings. The van der Waals surface area contributed by atoms with Crippen LogP contribution in [0.1, 0.15) is 21.9 Å². The Morgan fingerprint density at radius 3 is 2.94 bits per heavy atom. The van der Waals surface area contributed by atoms with Crippen LogP contribution in [0.2, 0.25) is 5.02 Å². The lowest BCUT2D eigenvalue weighted by Gasteiger charge is -2.01. The van der Waals surface area contributed by atoms with Crippen molar-refractivity contribution in [3.05, 3.63) is 28.3 Å². The number of carbonyl (C=O) groups excluding carboxylic acids is 1. The quantitative estimate of drug-likeness (QED) is 0.738. The summed E-state index contributed by atoms with van der Waals surface area (Å²) in [5.41, 5.74) is 1.67. The van der Waals surface area contributed by atoms with Crippen LogP contribution in [0.5, 0.6) is 0 Å². The first-order valence-corrected chi connectivity index (χ1v) is 5.39. The van der Waals surface area contributed by atoms with Crippen molar-refractivity contribution in [2.75, 3.05) is 6.54 Å². The first-order valence-electron chi connectivity index (χ1n) is 5.02. The largest absolute Gasteiger partial charge is 0.350 e. The highest BCUT2D eigenvalue weighted by Gasteiger charge is 2.15. The van der Waals surface area contributed by atoms with E-state index in [1.54, 1.807) is 13.1 Å². The topological polar surface area (TPSA) is 99.4 Å². The minimum Gasteiger partial charge on any atom is -0.350 e. The van der Waals surface area contributed by atoms with Gasteiger partial charge in [0.15, 0.2) is 5.69 Å². The van der Waals surface area contributed by atoms with Crippen molar-refractivity contribution in [1.29, 1.82) is 0 Å². The Balaban J connectivity index is 1.87. The Labute approximate surface area is 102 Å². The number of aromatic amines is 2. The molecule has 0 atom stereocenters. The lowest BCUT2D eigenvalue weighted by molar-refractivity contribution is 0.0949. The number of aromatic nitrogens is 5. The summed E-state index contributed by atoms with van der Waals surface area (Å²) in [6.07, 6.45) is 2.21. The van der Waals surface area contributed by atoms with Gasteiger partial charge in [-0.25, -0.2) is 0 Å². The second kappa shape index (κ2) is 4.96.